The van der Waals surface area contributed by atoms with Crippen LogP contribution in [-0.4, -0.2) is 74.3 Å². The highest BCUT2D eigenvalue weighted by atomic mass is 32.2. The van der Waals surface area contributed by atoms with Crippen LogP contribution in [0.5, 0.6) is 0 Å². The number of aryl methyl sites for hydroxylation is 1. The lowest BCUT2D eigenvalue weighted by atomic mass is 10.2. The van der Waals surface area contributed by atoms with E-state index in [9.17, 15) is 14.4 Å². The van der Waals surface area contributed by atoms with E-state index in [-0.39, 0.29) is 23.6 Å². The zero-order valence-corrected chi connectivity index (χ0v) is 21.9. The van der Waals surface area contributed by atoms with Gasteiger partial charge in [-0.3, -0.25) is 18.9 Å². The van der Waals surface area contributed by atoms with Crippen LogP contribution in [0.2, 0.25) is 0 Å². The first kappa shape index (κ1) is 25.2. The first-order valence-corrected chi connectivity index (χ1v) is 12.9. The minimum Gasteiger partial charge on any atom is -0.450 e. The van der Waals surface area contributed by atoms with E-state index in [0.29, 0.717) is 59.0 Å². The Morgan fingerprint density at radius 2 is 1.97 bits per heavy atom. The first-order chi connectivity index (χ1) is 16.8. The van der Waals surface area contributed by atoms with Crippen LogP contribution in [0.1, 0.15) is 38.3 Å². The third kappa shape index (κ3) is 4.79. The second-order valence-corrected chi connectivity index (χ2v) is 10.2. The molecule has 2 aliphatic rings. The van der Waals surface area contributed by atoms with Crippen LogP contribution in [0.3, 0.4) is 0 Å². The van der Waals surface area contributed by atoms with E-state index in [1.807, 2.05) is 31.7 Å². The van der Waals surface area contributed by atoms with Gasteiger partial charge in [-0.2, -0.15) is 0 Å². The van der Waals surface area contributed by atoms with Gasteiger partial charge in [0.1, 0.15) is 15.8 Å². The monoisotopic (exact) mass is 515 g/mol. The lowest BCUT2D eigenvalue weighted by molar-refractivity contribution is -0.123. The summed E-state index contributed by atoms with van der Waals surface area (Å²) < 4.78 is 7.12. The number of rotatable bonds is 5. The van der Waals surface area contributed by atoms with Crippen molar-refractivity contribution >= 4 is 57.8 Å². The molecule has 0 saturated carbocycles. The highest BCUT2D eigenvalue weighted by Gasteiger charge is 2.35. The van der Waals surface area contributed by atoms with Gasteiger partial charge < -0.3 is 14.5 Å². The predicted octanol–water partition coefficient (Wildman–Crippen LogP) is 3.28. The Labute approximate surface area is 213 Å². The number of piperazine rings is 1. The topological polar surface area (TPSA) is 87.5 Å². The third-order valence-electron chi connectivity index (χ3n) is 6.30. The van der Waals surface area contributed by atoms with Gasteiger partial charge >= 0.3 is 6.09 Å². The summed E-state index contributed by atoms with van der Waals surface area (Å²) >= 11 is 6.67. The Balaban J connectivity index is 1.77. The summed E-state index contributed by atoms with van der Waals surface area (Å²) in [7, 11) is 0. The predicted molar refractivity (Wildman–Crippen MR) is 142 cm³/mol. The molecule has 1 unspecified atom stereocenters. The lowest BCUT2D eigenvalue weighted by Crippen LogP contribution is -2.49. The van der Waals surface area contributed by atoms with Crippen LogP contribution < -0.4 is 10.5 Å². The molecule has 2 saturated heterocycles. The summed E-state index contributed by atoms with van der Waals surface area (Å²) in [4.78, 5) is 49.5. The van der Waals surface area contributed by atoms with Gasteiger partial charge in [-0.25, -0.2) is 9.78 Å². The van der Waals surface area contributed by atoms with E-state index in [1.54, 1.807) is 35.1 Å². The number of hydrogen-bond acceptors (Lipinski definition) is 8. The lowest BCUT2D eigenvalue weighted by Gasteiger charge is -2.35. The molecule has 0 N–H and O–H groups in total. The van der Waals surface area contributed by atoms with Gasteiger partial charge in [-0.05, 0) is 44.9 Å². The molecular weight excluding hydrogens is 486 g/mol. The van der Waals surface area contributed by atoms with Crippen molar-refractivity contribution in [1.29, 1.82) is 0 Å². The molecule has 4 rings (SSSR count). The molecule has 9 nitrogen and oxygen atoms in total. The van der Waals surface area contributed by atoms with Crippen molar-refractivity contribution in [2.24, 2.45) is 0 Å². The molecule has 1 atom stereocenters. The minimum absolute atomic E-state index is 0.0256. The number of anilines is 1. The Kier molecular flexibility index (Phi) is 7.46. The highest BCUT2D eigenvalue weighted by Crippen LogP contribution is 2.35. The zero-order chi connectivity index (χ0) is 25.3. The molecule has 11 heteroatoms. The Morgan fingerprint density at radius 3 is 2.63 bits per heavy atom. The van der Waals surface area contributed by atoms with Crippen molar-refractivity contribution in [3.05, 3.63) is 44.7 Å². The average molecular weight is 516 g/mol. The molecule has 2 aromatic rings. The minimum atomic E-state index is -0.344. The number of pyridine rings is 1. The molecule has 2 amide bonds. The molecule has 4 heterocycles. The number of thiocarbonyl (C=S) groups is 1. The fraction of sp³-hybridized carbons (Fsp3) is 0.458. The van der Waals surface area contributed by atoms with Gasteiger partial charge in [0.2, 0.25) is 0 Å². The number of carbonyl (C=O) groups is 2. The van der Waals surface area contributed by atoms with Crippen LogP contribution in [0, 0.1) is 6.92 Å². The second kappa shape index (κ2) is 10.4. The number of ether oxygens (including phenoxy) is 1. The average Bonchev–Trinajstić information content (AvgIpc) is 3.13. The summed E-state index contributed by atoms with van der Waals surface area (Å²) in [5.41, 5.74) is 1.51. The van der Waals surface area contributed by atoms with E-state index in [2.05, 4.69) is 0 Å². The maximum atomic E-state index is 13.6. The zero-order valence-electron chi connectivity index (χ0n) is 20.3. The Morgan fingerprint density at radius 1 is 1.26 bits per heavy atom. The summed E-state index contributed by atoms with van der Waals surface area (Å²) in [6, 6.07) is 3.68. The largest absolute Gasteiger partial charge is 0.450 e. The van der Waals surface area contributed by atoms with Crippen LogP contribution in [0.4, 0.5) is 10.6 Å². The van der Waals surface area contributed by atoms with Gasteiger partial charge in [0.25, 0.3) is 11.5 Å². The third-order valence-corrected chi connectivity index (χ3v) is 7.63. The van der Waals surface area contributed by atoms with Gasteiger partial charge in [0, 0.05) is 38.4 Å². The molecule has 186 valence electrons. The number of amides is 2. The van der Waals surface area contributed by atoms with Crippen molar-refractivity contribution in [3.8, 4) is 0 Å². The maximum Gasteiger partial charge on any atom is 0.409 e. The summed E-state index contributed by atoms with van der Waals surface area (Å²) in [5, 5.41) is 0. The molecule has 2 aromatic heterocycles. The molecule has 2 aliphatic heterocycles. The fourth-order valence-electron chi connectivity index (χ4n) is 4.16. The molecule has 0 radical (unpaired) electrons. The van der Waals surface area contributed by atoms with E-state index in [4.69, 9.17) is 21.9 Å². The molecule has 0 aliphatic carbocycles. The van der Waals surface area contributed by atoms with Crippen LogP contribution in [0.25, 0.3) is 11.7 Å². The summed E-state index contributed by atoms with van der Waals surface area (Å²) in [5.74, 6) is 0.308. The van der Waals surface area contributed by atoms with Crippen molar-refractivity contribution in [3.63, 3.8) is 0 Å². The van der Waals surface area contributed by atoms with Gasteiger partial charge in [0.15, 0.2) is 0 Å². The second-order valence-electron chi connectivity index (χ2n) is 8.52. The van der Waals surface area contributed by atoms with Crippen LogP contribution >= 0.6 is 24.0 Å². The van der Waals surface area contributed by atoms with Crippen LogP contribution in [0.15, 0.2) is 28.0 Å². The molecule has 0 bridgehead atoms. The van der Waals surface area contributed by atoms with E-state index >= 15 is 0 Å². The van der Waals surface area contributed by atoms with Gasteiger partial charge in [-0.1, -0.05) is 37.0 Å². The SMILES string of the molecule is CCOC(=O)N1CCN(c2nc3c(C)cccn3c(=O)c2/C=C2/SC(=S)N(C(C)CC)C2=O)CC1. The molecular formula is C24H29N5O4S2. The van der Waals surface area contributed by atoms with Crippen molar-refractivity contribution in [2.75, 3.05) is 37.7 Å². The van der Waals surface area contributed by atoms with Crippen molar-refractivity contribution in [2.45, 2.75) is 40.2 Å². The summed E-state index contributed by atoms with van der Waals surface area (Å²) in [6.07, 6.45) is 3.74. The Hall–Kier alpha value is -2.92. The normalized spacial score (nSPS) is 18.6. The molecule has 0 spiro atoms. The van der Waals surface area contributed by atoms with Gasteiger partial charge in [0.05, 0.1) is 17.1 Å². The number of aromatic nitrogens is 2. The van der Waals surface area contributed by atoms with Crippen molar-refractivity contribution < 1.29 is 14.3 Å². The fourth-order valence-corrected chi connectivity index (χ4v) is 5.60. The van der Waals surface area contributed by atoms with Crippen molar-refractivity contribution in [1.82, 2.24) is 19.2 Å². The molecule has 35 heavy (non-hydrogen) atoms. The Bertz CT molecular complexity index is 1270. The number of nitrogens with zero attached hydrogens (tertiary/aromatic N) is 5. The van der Waals surface area contributed by atoms with E-state index in [1.165, 1.54) is 16.2 Å². The van der Waals surface area contributed by atoms with E-state index < -0.39 is 0 Å². The smallest absolute Gasteiger partial charge is 0.409 e. The standard InChI is InChI=1S/C24H29N5O4S2/c1-5-16(4)29-22(31)18(35-24(29)34)14-17-20(25-19-15(3)8-7-9-28(19)21(17)30)26-10-12-27(13-11-26)23(32)33-6-2/h7-9,14,16H,5-6,10-13H2,1-4H3/b18-14+. The highest BCUT2D eigenvalue weighted by molar-refractivity contribution is 8.26. The number of carbonyl (C=O) groups excluding carboxylic acids is 2. The first-order valence-electron chi connectivity index (χ1n) is 11.7. The number of thioether (sulfide) groups is 1. The molecule has 0 aromatic carbocycles. The molecule has 2 fully saturated rings. The van der Waals surface area contributed by atoms with Gasteiger partial charge in [-0.15, -0.1) is 0 Å². The number of hydrogen-bond donors (Lipinski definition) is 0. The maximum absolute atomic E-state index is 13.6. The number of fused-ring (bicyclic) bond motifs is 1. The quantitative estimate of drug-likeness (QED) is 0.443. The van der Waals surface area contributed by atoms with Crippen LogP contribution in [-0.2, 0) is 9.53 Å². The summed E-state index contributed by atoms with van der Waals surface area (Å²) in [6.45, 7) is 9.83. The van der Waals surface area contributed by atoms with E-state index in [0.717, 1.165) is 12.0 Å².